The monoisotopic (exact) mass is 299 g/mol. The molecular weight excluding hydrogens is 282 g/mol. The van der Waals surface area contributed by atoms with Crippen molar-refractivity contribution in [2.24, 2.45) is 0 Å². The van der Waals surface area contributed by atoms with E-state index in [4.69, 9.17) is 9.47 Å². The third kappa shape index (κ3) is 3.17. The molecule has 1 aromatic heterocycles. The van der Waals surface area contributed by atoms with E-state index < -0.39 is 6.10 Å². The first-order chi connectivity index (χ1) is 10.8. The lowest BCUT2D eigenvalue weighted by Crippen LogP contribution is -2.24. The summed E-state index contributed by atoms with van der Waals surface area (Å²) >= 11 is 0. The van der Waals surface area contributed by atoms with Gasteiger partial charge in [0.1, 0.15) is 29.7 Å². The molecule has 1 heterocycles. The molecule has 0 unspecified atom stereocenters. The van der Waals surface area contributed by atoms with Gasteiger partial charge in [-0.05, 0) is 24.3 Å². The summed E-state index contributed by atoms with van der Waals surface area (Å²) < 4.78 is 12.4. The van der Waals surface area contributed by atoms with Gasteiger partial charge in [-0.25, -0.2) is 4.68 Å². The zero-order valence-electron chi connectivity index (χ0n) is 12.2. The molecule has 3 rings (SSSR count). The highest BCUT2D eigenvalue weighted by Gasteiger charge is 2.10. The summed E-state index contributed by atoms with van der Waals surface area (Å²) in [7, 11) is 1.60. The minimum absolute atomic E-state index is 0.168. The molecule has 0 fully saturated rings. The van der Waals surface area contributed by atoms with E-state index in [0.29, 0.717) is 18.0 Å². The quantitative estimate of drug-likeness (QED) is 0.752. The van der Waals surface area contributed by atoms with E-state index >= 15 is 0 Å². The zero-order chi connectivity index (χ0) is 15.4. The van der Waals surface area contributed by atoms with Crippen molar-refractivity contribution < 1.29 is 14.6 Å². The fraction of sp³-hybridized carbons (Fsp3) is 0.250. The summed E-state index contributed by atoms with van der Waals surface area (Å²) in [6, 6.07) is 14.9. The molecule has 0 aliphatic carbocycles. The number of rotatable bonds is 6. The molecule has 0 aliphatic heterocycles. The van der Waals surface area contributed by atoms with Crippen LogP contribution in [0.15, 0.2) is 48.5 Å². The molecule has 22 heavy (non-hydrogen) atoms. The normalized spacial score (nSPS) is 12.3. The van der Waals surface area contributed by atoms with E-state index in [-0.39, 0.29) is 6.61 Å². The Morgan fingerprint density at radius 2 is 1.95 bits per heavy atom. The molecule has 0 amide bonds. The summed E-state index contributed by atoms with van der Waals surface area (Å²) in [6.45, 7) is 0.492. The second-order valence-corrected chi connectivity index (χ2v) is 4.90. The summed E-state index contributed by atoms with van der Waals surface area (Å²) in [5.74, 6) is 1.37. The molecule has 0 aliphatic rings. The van der Waals surface area contributed by atoms with Crippen molar-refractivity contribution >= 4 is 11.0 Å². The van der Waals surface area contributed by atoms with Gasteiger partial charge in [-0.2, -0.15) is 0 Å². The van der Waals surface area contributed by atoms with Crippen molar-refractivity contribution in [1.29, 1.82) is 0 Å². The maximum atomic E-state index is 10.1. The maximum Gasteiger partial charge on any atom is 0.123 e. The Morgan fingerprint density at radius 1 is 1.14 bits per heavy atom. The molecule has 0 saturated heterocycles. The van der Waals surface area contributed by atoms with Crippen LogP contribution in [0, 0.1) is 0 Å². The largest absolute Gasteiger partial charge is 0.497 e. The van der Waals surface area contributed by atoms with Gasteiger partial charge in [-0.3, -0.25) is 0 Å². The standard InChI is InChI=1S/C16H17N3O3/c1-21-13-5-4-6-14(9-13)22-11-12(20)10-19-16-8-3-2-7-15(16)17-18-19/h2-9,12,20H,10-11H2,1H3/t12-/m0/s1. The van der Waals surface area contributed by atoms with Gasteiger partial charge in [-0.15, -0.1) is 5.10 Å². The van der Waals surface area contributed by atoms with Crippen LogP contribution in [0.4, 0.5) is 0 Å². The van der Waals surface area contributed by atoms with E-state index in [9.17, 15) is 5.11 Å². The van der Waals surface area contributed by atoms with Crippen LogP contribution in [0.25, 0.3) is 11.0 Å². The van der Waals surface area contributed by atoms with Gasteiger partial charge in [0.05, 0.1) is 19.2 Å². The first-order valence-corrected chi connectivity index (χ1v) is 6.99. The van der Waals surface area contributed by atoms with E-state index in [1.54, 1.807) is 17.9 Å². The van der Waals surface area contributed by atoms with E-state index in [1.807, 2.05) is 42.5 Å². The van der Waals surface area contributed by atoms with Crippen LogP contribution < -0.4 is 9.47 Å². The van der Waals surface area contributed by atoms with Crippen LogP contribution in [0.5, 0.6) is 11.5 Å². The highest BCUT2D eigenvalue weighted by molar-refractivity contribution is 5.73. The Hall–Kier alpha value is -2.60. The molecule has 1 N–H and O–H groups in total. The average molecular weight is 299 g/mol. The summed E-state index contributed by atoms with van der Waals surface area (Å²) in [5, 5.41) is 18.2. The van der Waals surface area contributed by atoms with Gasteiger partial charge < -0.3 is 14.6 Å². The third-order valence-corrected chi connectivity index (χ3v) is 3.29. The zero-order valence-corrected chi connectivity index (χ0v) is 12.2. The van der Waals surface area contributed by atoms with Gasteiger partial charge in [0.15, 0.2) is 0 Å². The fourth-order valence-electron chi connectivity index (χ4n) is 2.19. The molecule has 2 aromatic carbocycles. The number of aliphatic hydroxyl groups excluding tert-OH is 1. The van der Waals surface area contributed by atoms with Crippen LogP contribution in [0.3, 0.4) is 0 Å². The first kappa shape index (κ1) is 14.3. The lowest BCUT2D eigenvalue weighted by Gasteiger charge is -2.13. The number of aliphatic hydroxyl groups is 1. The second-order valence-electron chi connectivity index (χ2n) is 4.90. The lowest BCUT2D eigenvalue weighted by atomic mass is 10.3. The number of nitrogens with zero attached hydrogens (tertiary/aromatic N) is 3. The van der Waals surface area contributed by atoms with Crippen molar-refractivity contribution in [2.75, 3.05) is 13.7 Å². The number of para-hydroxylation sites is 1. The number of hydrogen-bond donors (Lipinski definition) is 1. The highest BCUT2D eigenvalue weighted by Crippen LogP contribution is 2.19. The molecule has 0 spiro atoms. The highest BCUT2D eigenvalue weighted by atomic mass is 16.5. The Kier molecular flexibility index (Phi) is 4.20. The topological polar surface area (TPSA) is 69.4 Å². The number of hydrogen-bond acceptors (Lipinski definition) is 5. The molecule has 0 saturated carbocycles. The summed E-state index contributed by atoms with van der Waals surface area (Å²) in [5.41, 5.74) is 1.70. The van der Waals surface area contributed by atoms with Crippen molar-refractivity contribution in [1.82, 2.24) is 15.0 Å². The van der Waals surface area contributed by atoms with Crippen molar-refractivity contribution in [3.63, 3.8) is 0 Å². The van der Waals surface area contributed by atoms with Gasteiger partial charge >= 0.3 is 0 Å². The van der Waals surface area contributed by atoms with E-state index in [1.165, 1.54) is 0 Å². The van der Waals surface area contributed by atoms with Gasteiger partial charge in [0.2, 0.25) is 0 Å². The van der Waals surface area contributed by atoms with Gasteiger partial charge in [0, 0.05) is 6.07 Å². The molecule has 0 radical (unpaired) electrons. The summed E-state index contributed by atoms with van der Waals surface area (Å²) in [6.07, 6.45) is -0.684. The van der Waals surface area contributed by atoms with Crippen LogP contribution in [0.2, 0.25) is 0 Å². The molecule has 6 nitrogen and oxygen atoms in total. The average Bonchev–Trinajstić information content (AvgIpc) is 2.96. The van der Waals surface area contributed by atoms with Gasteiger partial charge in [0.25, 0.3) is 0 Å². The fourth-order valence-corrected chi connectivity index (χ4v) is 2.19. The second kappa shape index (κ2) is 6.44. The van der Waals surface area contributed by atoms with Crippen molar-refractivity contribution in [2.45, 2.75) is 12.6 Å². The van der Waals surface area contributed by atoms with E-state index in [2.05, 4.69) is 10.3 Å². The molecule has 114 valence electrons. The number of benzene rings is 2. The Bertz CT molecular complexity index is 757. The first-order valence-electron chi connectivity index (χ1n) is 6.99. The molecule has 6 heteroatoms. The molecular formula is C16H17N3O3. The minimum Gasteiger partial charge on any atom is -0.497 e. The number of fused-ring (bicyclic) bond motifs is 1. The van der Waals surface area contributed by atoms with Crippen LogP contribution in [-0.4, -0.2) is 39.9 Å². The number of methoxy groups -OCH3 is 1. The number of ether oxygens (including phenoxy) is 2. The Balaban J connectivity index is 1.61. The predicted molar refractivity (Wildman–Crippen MR) is 82.0 cm³/mol. The SMILES string of the molecule is COc1cccc(OC[C@@H](O)Cn2nnc3ccccc32)c1. The Morgan fingerprint density at radius 3 is 2.82 bits per heavy atom. The molecule has 0 bridgehead atoms. The van der Waals surface area contributed by atoms with Crippen LogP contribution in [-0.2, 0) is 6.54 Å². The van der Waals surface area contributed by atoms with Crippen LogP contribution >= 0.6 is 0 Å². The van der Waals surface area contributed by atoms with Gasteiger partial charge in [-0.1, -0.05) is 23.4 Å². The molecule has 3 aromatic rings. The Labute approximate surface area is 127 Å². The van der Waals surface area contributed by atoms with E-state index in [0.717, 1.165) is 11.0 Å². The number of aromatic nitrogens is 3. The van der Waals surface area contributed by atoms with Crippen LogP contribution in [0.1, 0.15) is 0 Å². The minimum atomic E-state index is -0.684. The van der Waals surface area contributed by atoms with Crippen molar-refractivity contribution in [3.05, 3.63) is 48.5 Å². The van der Waals surface area contributed by atoms with Crippen molar-refractivity contribution in [3.8, 4) is 11.5 Å². The lowest BCUT2D eigenvalue weighted by molar-refractivity contribution is 0.0898. The predicted octanol–water partition coefficient (Wildman–Crippen LogP) is 1.88. The molecule has 1 atom stereocenters. The third-order valence-electron chi connectivity index (χ3n) is 3.29. The smallest absolute Gasteiger partial charge is 0.123 e. The summed E-state index contributed by atoms with van der Waals surface area (Å²) in [4.78, 5) is 0. The maximum absolute atomic E-state index is 10.1.